The fourth-order valence-corrected chi connectivity index (χ4v) is 3.16. The molecule has 2 nitrogen and oxygen atoms in total. The normalized spacial score (nSPS) is 16.8. The Kier molecular flexibility index (Phi) is 5.59. The maximum atomic E-state index is 10.0. The molecule has 2 unspecified atom stereocenters. The molecule has 0 aliphatic carbocycles. The zero-order chi connectivity index (χ0) is 13.7. The van der Waals surface area contributed by atoms with Gasteiger partial charge in [-0.3, -0.25) is 0 Å². The highest BCUT2D eigenvalue weighted by atomic mass is 32.2. The Morgan fingerprint density at radius 1 is 1.42 bits per heavy atom. The number of aliphatic hydroxyl groups is 1. The molecule has 0 fully saturated rings. The standard InChI is InChI=1S/C16H24O2S/c1-3-12(2)19-11-15(17)6-4-13-5-7-16-14(10-13)8-9-18-16/h5,7,10,12,15,17H,3-4,6,8-9,11H2,1-2H3. The highest BCUT2D eigenvalue weighted by Crippen LogP contribution is 2.26. The van der Waals surface area contributed by atoms with Crippen molar-refractivity contribution in [1.29, 1.82) is 0 Å². The fraction of sp³-hybridized carbons (Fsp3) is 0.625. The van der Waals surface area contributed by atoms with Crippen LogP contribution in [0.3, 0.4) is 0 Å². The van der Waals surface area contributed by atoms with Crippen LogP contribution < -0.4 is 4.74 Å². The van der Waals surface area contributed by atoms with Crippen molar-refractivity contribution in [2.24, 2.45) is 0 Å². The first kappa shape index (κ1) is 14.7. The second-order valence-corrected chi connectivity index (χ2v) is 6.76. The second kappa shape index (κ2) is 7.20. The molecule has 2 atom stereocenters. The highest BCUT2D eigenvalue weighted by molar-refractivity contribution is 7.99. The van der Waals surface area contributed by atoms with Gasteiger partial charge in [0.05, 0.1) is 12.7 Å². The summed E-state index contributed by atoms with van der Waals surface area (Å²) in [6.07, 6.45) is 3.81. The number of thioether (sulfide) groups is 1. The van der Waals surface area contributed by atoms with Crippen LogP contribution in [0.1, 0.15) is 37.8 Å². The van der Waals surface area contributed by atoms with Gasteiger partial charge in [0, 0.05) is 17.4 Å². The first-order chi connectivity index (χ1) is 9.19. The van der Waals surface area contributed by atoms with Gasteiger partial charge in [-0.05, 0) is 36.5 Å². The van der Waals surface area contributed by atoms with Gasteiger partial charge in [0.2, 0.25) is 0 Å². The molecular weight excluding hydrogens is 256 g/mol. The van der Waals surface area contributed by atoms with Crippen molar-refractivity contribution >= 4 is 11.8 Å². The molecule has 2 rings (SSSR count). The maximum Gasteiger partial charge on any atom is 0.122 e. The van der Waals surface area contributed by atoms with Crippen LogP contribution in [-0.2, 0) is 12.8 Å². The number of hydrogen-bond donors (Lipinski definition) is 1. The summed E-state index contributed by atoms with van der Waals surface area (Å²) in [4.78, 5) is 0. The molecule has 19 heavy (non-hydrogen) atoms. The third kappa shape index (κ3) is 4.43. The molecule has 0 aromatic heterocycles. The SMILES string of the molecule is CCC(C)SCC(O)CCc1ccc2c(c1)CCO2. The molecule has 0 amide bonds. The first-order valence-corrected chi connectivity index (χ1v) is 8.28. The molecular formula is C16H24O2S. The third-order valence-electron chi connectivity index (χ3n) is 3.67. The second-order valence-electron chi connectivity index (χ2n) is 5.29. The monoisotopic (exact) mass is 280 g/mol. The summed E-state index contributed by atoms with van der Waals surface area (Å²) < 4.78 is 5.50. The fourth-order valence-electron chi connectivity index (χ4n) is 2.21. The number of benzene rings is 1. The van der Waals surface area contributed by atoms with Gasteiger partial charge in [-0.15, -0.1) is 0 Å². The van der Waals surface area contributed by atoms with Crippen molar-refractivity contribution in [2.45, 2.75) is 50.9 Å². The van der Waals surface area contributed by atoms with Crippen LogP contribution in [-0.4, -0.2) is 28.8 Å². The number of aryl methyl sites for hydroxylation is 1. The molecule has 3 heteroatoms. The Bertz CT molecular complexity index is 406. The van der Waals surface area contributed by atoms with Gasteiger partial charge in [-0.25, -0.2) is 0 Å². The van der Waals surface area contributed by atoms with E-state index in [2.05, 4.69) is 32.0 Å². The molecule has 106 valence electrons. The summed E-state index contributed by atoms with van der Waals surface area (Å²) in [5.41, 5.74) is 2.64. The Morgan fingerprint density at radius 3 is 3.05 bits per heavy atom. The largest absolute Gasteiger partial charge is 0.493 e. The van der Waals surface area contributed by atoms with Gasteiger partial charge in [-0.2, -0.15) is 11.8 Å². The molecule has 0 saturated carbocycles. The summed E-state index contributed by atoms with van der Waals surface area (Å²) >= 11 is 1.87. The molecule has 1 aliphatic rings. The molecule has 1 N–H and O–H groups in total. The van der Waals surface area contributed by atoms with Crippen LogP contribution in [0.15, 0.2) is 18.2 Å². The molecule has 1 aliphatic heterocycles. The summed E-state index contributed by atoms with van der Waals surface area (Å²) in [6, 6.07) is 6.42. The van der Waals surface area contributed by atoms with Crippen LogP contribution in [0.2, 0.25) is 0 Å². The van der Waals surface area contributed by atoms with E-state index in [1.165, 1.54) is 17.5 Å². The minimum absolute atomic E-state index is 0.191. The number of rotatable bonds is 7. The van der Waals surface area contributed by atoms with Crippen LogP contribution in [0.5, 0.6) is 5.75 Å². The van der Waals surface area contributed by atoms with E-state index < -0.39 is 0 Å². The van der Waals surface area contributed by atoms with Gasteiger partial charge in [0.15, 0.2) is 0 Å². The minimum Gasteiger partial charge on any atom is -0.493 e. The lowest BCUT2D eigenvalue weighted by molar-refractivity contribution is 0.189. The molecule has 1 aromatic rings. The zero-order valence-corrected chi connectivity index (χ0v) is 12.7. The van der Waals surface area contributed by atoms with Crippen LogP contribution in [0.25, 0.3) is 0 Å². The molecule has 0 radical (unpaired) electrons. The topological polar surface area (TPSA) is 29.5 Å². The molecule has 1 aromatic carbocycles. The lowest BCUT2D eigenvalue weighted by atomic mass is 10.0. The van der Waals surface area contributed by atoms with Crippen LogP contribution in [0, 0.1) is 0 Å². The van der Waals surface area contributed by atoms with E-state index in [9.17, 15) is 5.11 Å². The predicted octanol–water partition coefficient (Wildman–Crippen LogP) is 3.45. The van der Waals surface area contributed by atoms with Crippen LogP contribution in [0.4, 0.5) is 0 Å². The Labute approximate surface area is 120 Å². The summed E-state index contributed by atoms with van der Waals surface area (Å²) in [6.45, 7) is 5.22. The average Bonchev–Trinajstić information content (AvgIpc) is 2.89. The Hall–Kier alpha value is -0.670. The summed E-state index contributed by atoms with van der Waals surface area (Å²) in [5.74, 6) is 1.89. The minimum atomic E-state index is -0.191. The van der Waals surface area contributed by atoms with E-state index in [-0.39, 0.29) is 6.10 Å². The Balaban J connectivity index is 1.75. The van der Waals surface area contributed by atoms with Gasteiger partial charge in [-0.1, -0.05) is 26.0 Å². The smallest absolute Gasteiger partial charge is 0.122 e. The van der Waals surface area contributed by atoms with E-state index in [1.807, 2.05) is 11.8 Å². The van der Waals surface area contributed by atoms with Crippen molar-refractivity contribution in [3.05, 3.63) is 29.3 Å². The average molecular weight is 280 g/mol. The van der Waals surface area contributed by atoms with E-state index in [0.29, 0.717) is 5.25 Å². The predicted molar refractivity (Wildman–Crippen MR) is 82.2 cm³/mol. The van der Waals surface area contributed by atoms with Crippen molar-refractivity contribution in [3.63, 3.8) is 0 Å². The zero-order valence-electron chi connectivity index (χ0n) is 11.9. The maximum absolute atomic E-state index is 10.0. The summed E-state index contributed by atoms with van der Waals surface area (Å²) in [5, 5.41) is 10.6. The highest BCUT2D eigenvalue weighted by Gasteiger charge is 2.13. The molecule has 1 heterocycles. The first-order valence-electron chi connectivity index (χ1n) is 7.23. The Morgan fingerprint density at radius 2 is 2.26 bits per heavy atom. The van der Waals surface area contributed by atoms with Crippen molar-refractivity contribution in [3.8, 4) is 5.75 Å². The van der Waals surface area contributed by atoms with Gasteiger partial charge < -0.3 is 9.84 Å². The number of hydrogen-bond acceptors (Lipinski definition) is 3. The summed E-state index contributed by atoms with van der Waals surface area (Å²) in [7, 11) is 0. The van der Waals surface area contributed by atoms with Crippen molar-refractivity contribution in [1.82, 2.24) is 0 Å². The van der Waals surface area contributed by atoms with Crippen molar-refractivity contribution < 1.29 is 9.84 Å². The van der Waals surface area contributed by atoms with Gasteiger partial charge in [0.25, 0.3) is 0 Å². The third-order valence-corrected chi connectivity index (χ3v) is 5.15. The quantitative estimate of drug-likeness (QED) is 0.829. The van der Waals surface area contributed by atoms with E-state index in [0.717, 1.165) is 37.4 Å². The number of ether oxygens (including phenoxy) is 1. The van der Waals surface area contributed by atoms with E-state index in [4.69, 9.17) is 4.74 Å². The molecule has 0 spiro atoms. The lowest BCUT2D eigenvalue weighted by Gasteiger charge is -2.13. The number of fused-ring (bicyclic) bond motifs is 1. The molecule has 0 saturated heterocycles. The van der Waals surface area contributed by atoms with Crippen molar-refractivity contribution in [2.75, 3.05) is 12.4 Å². The number of aliphatic hydroxyl groups excluding tert-OH is 1. The van der Waals surface area contributed by atoms with E-state index >= 15 is 0 Å². The van der Waals surface area contributed by atoms with E-state index in [1.54, 1.807) is 0 Å². The lowest BCUT2D eigenvalue weighted by Crippen LogP contribution is -2.13. The van der Waals surface area contributed by atoms with Crippen LogP contribution >= 0.6 is 11.8 Å². The van der Waals surface area contributed by atoms with Gasteiger partial charge in [0.1, 0.15) is 5.75 Å². The molecule has 0 bridgehead atoms. The van der Waals surface area contributed by atoms with Gasteiger partial charge >= 0.3 is 0 Å².